The van der Waals surface area contributed by atoms with E-state index < -0.39 is 4.92 Å². The molecular weight excluding hydrogens is 246 g/mol. The minimum Gasteiger partial charge on any atom is -0.376 e. The molecule has 0 amide bonds. The highest BCUT2D eigenvalue weighted by Gasteiger charge is 2.22. The summed E-state index contributed by atoms with van der Waals surface area (Å²) in [5, 5.41) is 13.8. The van der Waals surface area contributed by atoms with E-state index in [1.54, 1.807) is 0 Å². The minimum absolute atomic E-state index is 0.0832. The van der Waals surface area contributed by atoms with Gasteiger partial charge in [0.15, 0.2) is 0 Å². The minimum atomic E-state index is -0.535. The van der Waals surface area contributed by atoms with Crippen LogP contribution < -0.4 is 5.32 Å². The number of halogens is 1. The molecule has 6 nitrogen and oxygen atoms in total. The Hall–Kier alpha value is -1.40. The molecule has 0 spiro atoms. The summed E-state index contributed by atoms with van der Waals surface area (Å²) in [6.07, 6.45) is 3.52. The Morgan fingerprint density at radius 2 is 2.53 bits per heavy atom. The van der Waals surface area contributed by atoms with Gasteiger partial charge in [-0.2, -0.15) is 0 Å². The lowest BCUT2D eigenvalue weighted by atomic mass is 10.2. The van der Waals surface area contributed by atoms with E-state index in [0.29, 0.717) is 6.54 Å². The molecule has 92 valence electrons. The highest BCUT2D eigenvalue weighted by Crippen LogP contribution is 2.30. The summed E-state index contributed by atoms with van der Waals surface area (Å²) >= 11 is 5.77. The second-order valence-electron chi connectivity index (χ2n) is 3.76. The molecule has 1 unspecified atom stereocenters. The van der Waals surface area contributed by atoms with Crippen LogP contribution in [0.4, 0.5) is 11.5 Å². The smallest absolute Gasteiger partial charge is 0.329 e. The van der Waals surface area contributed by atoms with E-state index in [9.17, 15) is 10.1 Å². The normalized spacial score (nSPS) is 19.2. The first-order chi connectivity index (χ1) is 8.18. The van der Waals surface area contributed by atoms with Crippen LogP contribution in [0.25, 0.3) is 0 Å². The van der Waals surface area contributed by atoms with Gasteiger partial charge in [0.05, 0.1) is 11.0 Å². The quantitative estimate of drug-likeness (QED) is 0.661. The van der Waals surface area contributed by atoms with Gasteiger partial charge in [-0.05, 0) is 18.9 Å². The Labute approximate surface area is 103 Å². The monoisotopic (exact) mass is 257 g/mol. The van der Waals surface area contributed by atoms with Crippen molar-refractivity contribution in [2.24, 2.45) is 0 Å². The van der Waals surface area contributed by atoms with E-state index >= 15 is 0 Å². The van der Waals surface area contributed by atoms with Crippen molar-refractivity contribution in [2.75, 3.05) is 18.5 Å². The van der Waals surface area contributed by atoms with E-state index in [4.69, 9.17) is 16.3 Å². The summed E-state index contributed by atoms with van der Waals surface area (Å²) in [7, 11) is 0. The number of hydrogen-bond acceptors (Lipinski definition) is 5. The van der Waals surface area contributed by atoms with Crippen LogP contribution in [0.15, 0.2) is 12.3 Å². The fourth-order valence-corrected chi connectivity index (χ4v) is 1.96. The van der Waals surface area contributed by atoms with Crippen molar-refractivity contribution >= 4 is 23.1 Å². The fraction of sp³-hybridized carbons (Fsp3) is 0.500. The third kappa shape index (κ3) is 2.83. The van der Waals surface area contributed by atoms with Crippen LogP contribution in [-0.2, 0) is 4.74 Å². The lowest BCUT2D eigenvalue weighted by Gasteiger charge is -2.11. The standard InChI is InChI=1S/C10H12ClN3O3/c11-8-3-4-12-10(9(8)14(15)16)13-6-7-2-1-5-17-7/h3-4,7H,1-2,5-6H2,(H,12,13). The topological polar surface area (TPSA) is 77.3 Å². The summed E-state index contributed by atoms with van der Waals surface area (Å²) < 4.78 is 5.41. The van der Waals surface area contributed by atoms with Gasteiger partial charge in [-0.25, -0.2) is 4.98 Å². The second kappa shape index (κ2) is 5.29. The zero-order valence-electron chi connectivity index (χ0n) is 9.06. The van der Waals surface area contributed by atoms with Crippen molar-refractivity contribution in [3.05, 3.63) is 27.4 Å². The van der Waals surface area contributed by atoms with Crippen LogP contribution in [0.3, 0.4) is 0 Å². The SMILES string of the molecule is O=[N+]([O-])c1c(Cl)ccnc1NCC1CCCO1. The molecule has 2 rings (SSSR count). The molecule has 1 aromatic rings. The molecule has 1 fully saturated rings. The van der Waals surface area contributed by atoms with E-state index in [1.807, 2.05) is 0 Å². The number of nitro groups is 1. The molecule has 7 heteroatoms. The molecule has 2 heterocycles. The molecule has 1 atom stereocenters. The zero-order chi connectivity index (χ0) is 12.3. The molecule has 0 aliphatic carbocycles. The summed E-state index contributed by atoms with van der Waals surface area (Å²) in [6.45, 7) is 1.26. The van der Waals surface area contributed by atoms with Crippen LogP contribution >= 0.6 is 11.6 Å². The number of anilines is 1. The Morgan fingerprint density at radius 3 is 3.18 bits per heavy atom. The predicted molar refractivity (Wildman–Crippen MR) is 63.4 cm³/mol. The maximum atomic E-state index is 10.8. The first-order valence-corrected chi connectivity index (χ1v) is 5.70. The maximum Gasteiger partial charge on any atom is 0.329 e. The third-order valence-electron chi connectivity index (χ3n) is 2.58. The van der Waals surface area contributed by atoms with E-state index in [-0.39, 0.29) is 22.6 Å². The maximum absolute atomic E-state index is 10.8. The molecule has 1 aliphatic rings. The van der Waals surface area contributed by atoms with Crippen LogP contribution in [-0.4, -0.2) is 29.2 Å². The molecular formula is C10H12ClN3O3. The van der Waals surface area contributed by atoms with E-state index in [1.165, 1.54) is 12.3 Å². The van der Waals surface area contributed by atoms with E-state index in [0.717, 1.165) is 19.4 Å². The lowest BCUT2D eigenvalue weighted by Crippen LogP contribution is -2.19. The van der Waals surface area contributed by atoms with Gasteiger partial charge in [-0.15, -0.1) is 0 Å². The molecule has 1 aliphatic heterocycles. The second-order valence-corrected chi connectivity index (χ2v) is 4.17. The van der Waals surface area contributed by atoms with Crippen LogP contribution in [0.2, 0.25) is 5.02 Å². The van der Waals surface area contributed by atoms with Gasteiger partial charge < -0.3 is 10.1 Å². The number of nitrogens with one attached hydrogen (secondary N) is 1. The number of aromatic nitrogens is 1. The van der Waals surface area contributed by atoms with Crippen molar-refractivity contribution in [3.63, 3.8) is 0 Å². The largest absolute Gasteiger partial charge is 0.376 e. The molecule has 0 saturated carbocycles. The van der Waals surface area contributed by atoms with Crippen LogP contribution in [0, 0.1) is 10.1 Å². The third-order valence-corrected chi connectivity index (χ3v) is 2.88. The molecule has 1 N–H and O–H groups in total. The summed E-state index contributed by atoms with van der Waals surface area (Å²) in [5.74, 6) is 0.193. The Morgan fingerprint density at radius 1 is 1.71 bits per heavy atom. The van der Waals surface area contributed by atoms with Gasteiger partial charge in [0.25, 0.3) is 0 Å². The van der Waals surface area contributed by atoms with Crippen molar-refractivity contribution in [1.82, 2.24) is 4.98 Å². The molecule has 0 bridgehead atoms. The lowest BCUT2D eigenvalue weighted by molar-refractivity contribution is -0.384. The van der Waals surface area contributed by atoms with Crippen molar-refractivity contribution in [2.45, 2.75) is 18.9 Å². The van der Waals surface area contributed by atoms with Gasteiger partial charge in [0, 0.05) is 19.3 Å². The summed E-state index contributed by atoms with van der Waals surface area (Å²) in [6, 6.07) is 1.40. The average Bonchev–Trinajstić information content (AvgIpc) is 2.78. The van der Waals surface area contributed by atoms with Crippen LogP contribution in [0.1, 0.15) is 12.8 Å². The highest BCUT2D eigenvalue weighted by atomic mass is 35.5. The van der Waals surface area contributed by atoms with Gasteiger partial charge in [0.1, 0.15) is 5.02 Å². The van der Waals surface area contributed by atoms with Crippen molar-refractivity contribution in [3.8, 4) is 0 Å². The molecule has 0 aromatic carbocycles. The van der Waals surface area contributed by atoms with E-state index in [2.05, 4.69) is 10.3 Å². The predicted octanol–water partition coefficient (Wildman–Crippen LogP) is 2.23. The molecule has 0 radical (unpaired) electrons. The van der Waals surface area contributed by atoms with Crippen LogP contribution in [0.5, 0.6) is 0 Å². The number of rotatable bonds is 4. The first-order valence-electron chi connectivity index (χ1n) is 5.33. The summed E-state index contributed by atoms with van der Waals surface area (Å²) in [5.41, 5.74) is -0.188. The Balaban J connectivity index is 2.09. The number of pyridine rings is 1. The van der Waals surface area contributed by atoms with Crippen molar-refractivity contribution in [1.29, 1.82) is 0 Å². The fourth-order valence-electron chi connectivity index (χ4n) is 1.75. The van der Waals surface area contributed by atoms with Gasteiger partial charge in [0.2, 0.25) is 5.82 Å². The summed E-state index contributed by atoms with van der Waals surface area (Å²) in [4.78, 5) is 14.2. The van der Waals surface area contributed by atoms with Crippen molar-refractivity contribution < 1.29 is 9.66 Å². The Bertz CT molecular complexity index is 421. The average molecular weight is 258 g/mol. The first kappa shape index (κ1) is 12.1. The van der Waals surface area contributed by atoms with Gasteiger partial charge in [-0.3, -0.25) is 10.1 Å². The highest BCUT2D eigenvalue weighted by molar-refractivity contribution is 6.33. The zero-order valence-corrected chi connectivity index (χ0v) is 9.81. The van der Waals surface area contributed by atoms with Gasteiger partial charge >= 0.3 is 5.69 Å². The Kier molecular flexibility index (Phi) is 3.75. The number of ether oxygens (including phenoxy) is 1. The molecule has 1 aromatic heterocycles. The number of hydrogen-bond donors (Lipinski definition) is 1. The number of nitrogens with zero attached hydrogens (tertiary/aromatic N) is 2. The molecule has 17 heavy (non-hydrogen) atoms. The molecule has 1 saturated heterocycles. The van der Waals surface area contributed by atoms with Gasteiger partial charge in [-0.1, -0.05) is 11.6 Å².